The van der Waals surface area contributed by atoms with Crippen molar-refractivity contribution in [3.8, 4) is 0 Å². The maximum absolute atomic E-state index is 12.0. The van der Waals surface area contributed by atoms with Gasteiger partial charge in [-0.15, -0.1) is 0 Å². The number of hydrogen-bond donors (Lipinski definition) is 1. The van der Waals surface area contributed by atoms with Crippen LogP contribution in [0.3, 0.4) is 0 Å². The van der Waals surface area contributed by atoms with Gasteiger partial charge in [0.1, 0.15) is 0 Å². The van der Waals surface area contributed by atoms with Gasteiger partial charge in [0.05, 0.1) is 0 Å². The average Bonchev–Trinajstić information content (AvgIpc) is 2.40. The zero-order chi connectivity index (χ0) is 14.4. The molecule has 106 valence electrons. The van der Waals surface area contributed by atoms with Crippen molar-refractivity contribution in [2.75, 3.05) is 13.1 Å². The molecule has 3 nitrogen and oxygen atoms in total. The predicted octanol–water partition coefficient (Wildman–Crippen LogP) is 3.07. The topological polar surface area (TPSA) is 46.3 Å². The molecular formula is C16H26N2O. The summed E-state index contributed by atoms with van der Waals surface area (Å²) in [6, 6.07) is 8.06. The third kappa shape index (κ3) is 4.35. The van der Waals surface area contributed by atoms with E-state index in [4.69, 9.17) is 5.73 Å². The van der Waals surface area contributed by atoms with Crippen LogP contribution in [0.25, 0.3) is 0 Å². The van der Waals surface area contributed by atoms with Gasteiger partial charge < -0.3 is 10.6 Å². The summed E-state index contributed by atoms with van der Waals surface area (Å²) in [7, 11) is 0. The summed E-state index contributed by atoms with van der Waals surface area (Å²) < 4.78 is 0. The Hall–Kier alpha value is -1.35. The van der Waals surface area contributed by atoms with E-state index in [1.54, 1.807) is 0 Å². The van der Waals surface area contributed by atoms with Crippen LogP contribution in [0.5, 0.6) is 0 Å². The van der Waals surface area contributed by atoms with E-state index < -0.39 is 0 Å². The number of nitrogens with zero attached hydrogens (tertiary/aromatic N) is 1. The van der Waals surface area contributed by atoms with Crippen molar-refractivity contribution in [3.63, 3.8) is 0 Å². The van der Waals surface area contributed by atoms with E-state index in [9.17, 15) is 4.79 Å². The molecular weight excluding hydrogens is 236 g/mol. The molecule has 0 aliphatic carbocycles. The highest BCUT2D eigenvalue weighted by atomic mass is 16.2. The van der Waals surface area contributed by atoms with Crippen molar-refractivity contribution in [1.29, 1.82) is 0 Å². The van der Waals surface area contributed by atoms with Crippen LogP contribution < -0.4 is 5.73 Å². The normalized spacial score (nSPS) is 12.5. The Balaban J connectivity index is 2.67. The monoisotopic (exact) mass is 262 g/mol. The fourth-order valence-electron chi connectivity index (χ4n) is 2.14. The zero-order valence-corrected chi connectivity index (χ0v) is 12.5. The van der Waals surface area contributed by atoms with E-state index in [1.165, 1.54) is 5.56 Å². The Labute approximate surface area is 116 Å². The number of nitrogens with two attached hydrogens (primary N) is 1. The molecule has 2 N–H and O–H groups in total. The second kappa shape index (κ2) is 7.29. The van der Waals surface area contributed by atoms with E-state index in [2.05, 4.69) is 26.0 Å². The molecule has 0 saturated heterocycles. The quantitative estimate of drug-likeness (QED) is 0.856. The van der Waals surface area contributed by atoms with Gasteiger partial charge in [0.15, 0.2) is 0 Å². The summed E-state index contributed by atoms with van der Waals surface area (Å²) in [6.07, 6.45) is 0.378. The average molecular weight is 262 g/mol. The summed E-state index contributed by atoms with van der Waals surface area (Å²) in [5.41, 5.74) is 8.45. The Morgan fingerprint density at radius 2 is 1.58 bits per heavy atom. The molecule has 0 bridgehead atoms. The second-order valence-corrected chi connectivity index (χ2v) is 5.20. The van der Waals surface area contributed by atoms with Crippen LogP contribution in [-0.4, -0.2) is 23.9 Å². The predicted molar refractivity (Wildman–Crippen MR) is 80.0 cm³/mol. The number of hydrogen-bond acceptors (Lipinski definition) is 2. The molecule has 1 unspecified atom stereocenters. The van der Waals surface area contributed by atoms with Gasteiger partial charge in [0.25, 0.3) is 0 Å². The van der Waals surface area contributed by atoms with Crippen LogP contribution in [0, 0.1) is 0 Å². The highest BCUT2D eigenvalue weighted by Gasteiger charge is 2.15. The molecule has 0 aliphatic heterocycles. The van der Waals surface area contributed by atoms with Crippen molar-refractivity contribution < 1.29 is 4.79 Å². The zero-order valence-electron chi connectivity index (χ0n) is 12.5. The van der Waals surface area contributed by atoms with E-state index in [0.29, 0.717) is 12.3 Å². The molecule has 1 atom stereocenters. The lowest BCUT2D eigenvalue weighted by Gasteiger charge is -2.21. The Morgan fingerprint density at radius 1 is 1.11 bits per heavy atom. The van der Waals surface area contributed by atoms with Gasteiger partial charge in [-0.05, 0) is 30.9 Å². The number of amides is 1. The molecule has 3 heteroatoms. The molecule has 0 heterocycles. The lowest BCUT2D eigenvalue weighted by molar-refractivity contribution is -0.131. The number of benzene rings is 1. The molecule has 0 saturated carbocycles. The van der Waals surface area contributed by atoms with Crippen LogP contribution in [0.15, 0.2) is 24.3 Å². The number of carbonyl (C=O) groups is 1. The van der Waals surface area contributed by atoms with Crippen molar-refractivity contribution >= 4 is 5.91 Å². The van der Waals surface area contributed by atoms with E-state index >= 15 is 0 Å². The first-order valence-electron chi connectivity index (χ1n) is 7.12. The SMILES string of the molecule is CCN(CC)C(=O)CC(N)c1ccc(C(C)C)cc1. The largest absolute Gasteiger partial charge is 0.343 e. The molecule has 0 spiro atoms. The Bertz CT molecular complexity index is 394. The first kappa shape index (κ1) is 15.7. The van der Waals surface area contributed by atoms with Gasteiger partial charge in [-0.25, -0.2) is 0 Å². The highest BCUT2D eigenvalue weighted by molar-refractivity contribution is 5.77. The van der Waals surface area contributed by atoms with E-state index in [-0.39, 0.29) is 11.9 Å². The van der Waals surface area contributed by atoms with Gasteiger partial charge in [-0.1, -0.05) is 38.1 Å². The lowest BCUT2D eigenvalue weighted by atomic mass is 9.98. The van der Waals surface area contributed by atoms with Gasteiger partial charge in [-0.3, -0.25) is 4.79 Å². The van der Waals surface area contributed by atoms with E-state index in [0.717, 1.165) is 18.7 Å². The Kier molecular flexibility index (Phi) is 6.03. The van der Waals surface area contributed by atoms with Crippen LogP contribution in [0.2, 0.25) is 0 Å². The molecule has 19 heavy (non-hydrogen) atoms. The van der Waals surface area contributed by atoms with Gasteiger partial charge in [-0.2, -0.15) is 0 Å². The van der Waals surface area contributed by atoms with Crippen molar-refractivity contribution in [2.24, 2.45) is 5.73 Å². The summed E-state index contributed by atoms with van der Waals surface area (Å²) in [6.45, 7) is 9.80. The van der Waals surface area contributed by atoms with E-state index in [1.807, 2.05) is 30.9 Å². The molecule has 0 fully saturated rings. The van der Waals surface area contributed by atoms with Crippen molar-refractivity contribution in [3.05, 3.63) is 35.4 Å². The molecule has 1 aromatic carbocycles. The van der Waals surface area contributed by atoms with Crippen molar-refractivity contribution in [1.82, 2.24) is 4.90 Å². The molecule has 0 aromatic heterocycles. The minimum absolute atomic E-state index is 0.130. The van der Waals surface area contributed by atoms with Crippen LogP contribution in [-0.2, 0) is 4.79 Å². The maximum Gasteiger partial charge on any atom is 0.224 e. The molecule has 1 rings (SSSR count). The summed E-state index contributed by atoms with van der Waals surface area (Å²) in [5, 5.41) is 0. The Morgan fingerprint density at radius 3 is 2.00 bits per heavy atom. The third-order valence-electron chi connectivity index (χ3n) is 3.54. The molecule has 0 radical (unpaired) electrons. The standard InChI is InChI=1S/C16H26N2O/c1-5-18(6-2)16(19)11-15(17)14-9-7-13(8-10-14)12(3)4/h7-10,12,15H,5-6,11,17H2,1-4H3. The summed E-state index contributed by atoms with van der Waals surface area (Å²) in [4.78, 5) is 13.8. The van der Waals surface area contributed by atoms with Crippen LogP contribution in [0.1, 0.15) is 57.2 Å². The minimum atomic E-state index is -0.214. The second-order valence-electron chi connectivity index (χ2n) is 5.20. The minimum Gasteiger partial charge on any atom is -0.343 e. The first-order chi connectivity index (χ1) is 8.99. The van der Waals surface area contributed by atoms with Gasteiger partial charge >= 0.3 is 0 Å². The fourth-order valence-corrected chi connectivity index (χ4v) is 2.14. The number of carbonyl (C=O) groups excluding carboxylic acids is 1. The van der Waals surface area contributed by atoms with Crippen LogP contribution in [0.4, 0.5) is 0 Å². The van der Waals surface area contributed by atoms with Crippen molar-refractivity contribution in [2.45, 2.75) is 46.1 Å². The third-order valence-corrected chi connectivity index (χ3v) is 3.54. The van der Waals surface area contributed by atoms with Gasteiger partial charge in [0, 0.05) is 25.6 Å². The molecule has 0 aliphatic rings. The summed E-state index contributed by atoms with van der Waals surface area (Å²) >= 11 is 0. The van der Waals surface area contributed by atoms with Gasteiger partial charge in [0.2, 0.25) is 5.91 Å². The molecule has 1 aromatic rings. The lowest BCUT2D eigenvalue weighted by Crippen LogP contribution is -2.32. The first-order valence-corrected chi connectivity index (χ1v) is 7.12. The fraction of sp³-hybridized carbons (Fsp3) is 0.562. The number of rotatable bonds is 6. The highest BCUT2D eigenvalue weighted by Crippen LogP contribution is 2.19. The molecule has 1 amide bonds. The van der Waals surface area contributed by atoms with Crippen LogP contribution >= 0.6 is 0 Å². The smallest absolute Gasteiger partial charge is 0.224 e. The summed E-state index contributed by atoms with van der Waals surface area (Å²) in [5.74, 6) is 0.646. The maximum atomic E-state index is 12.0.